The molecule has 0 saturated heterocycles. The molecule has 2 N–H and O–H groups in total. The SMILES string of the molecule is CCC(C)(C)NC(=O)C(C)NC1CCC(C)(C)C1. The van der Waals surface area contributed by atoms with Crippen molar-refractivity contribution >= 4 is 5.91 Å². The van der Waals surface area contributed by atoms with E-state index in [1.807, 2.05) is 6.92 Å². The van der Waals surface area contributed by atoms with Crippen molar-refractivity contribution in [1.29, 1.82) is 0 Å². The molecule has 1 rings (SSSR count). The van der Waals surface area contributed by atoms with Crippen LogP contribution in [0.3, 0.4) is 0 Å². The fraction of sp³-hybridized carbons (Fsp3) is 0.933. The van der Waals surface area contributed by atoms with E-state index in [4.69, 9.17) is 0 Å². The van der Waals surface area contributed by atoms with Gasteiger partial charge in [0, 0.05) is 11.6 Å². The van der Waals surface area contributed by atoms with Crippen molar-refractivity contribution in [2.24, 2.45) is 5.41 Å². The van der Waals surface area contributed by atoms with Crippen LogP contribution in [0.25, 0.3) is 0 Å². The van der Waals surface area contributed by atoms with Crippen LogP contribution >= 0.6 is 0 Å². The van der Waals surface area contributed by atoms with Gasteiger partial charge in [0.1, 0.15) is 0 Å². The Kier molecular flexibility index (Phi) is 4.82. The Morgan fingerprint density at radius 1 is 1.44 bits per heavy atom. The van der Waals surface area contributed by atoms with Gasteiger partial charge in [-0.15, -0.1) is 0 Å². The van der Waals surface area contributed by atoms with Crippen LogP contribution in [0, 0.1) is 5.41 Å². The molecule has 3 heteroatoms. The minimum Gasteiger partial charge on any atom is -0.350 e. The van der Waals surface area contributed by atoms with Crippen LogP contribution < -0.4 is 10.6 Å². The van der Waals surface area contributed by atoms with E-state index in [9.17, 15) is 4.79 Å². The molecule has 18 heavy (non-hydrogen) atoms. The number of carbonyl (C=O) groups is 1. The summed E-state index contributed by atoms with van der Waals surface area (Å²) in [5, 5.41) is 6.57. The number of nitrogens with one attached hydrogen (secondary N) is 2. The number of amides is 1. The number of hydrogen-bond acceptors (Lipinski definition) is 2. The summed E-state index contributed by atoms with van der Waals surface area (Å²) < 4.78 is 0. The molecular formula is C15H30N2O. The molecule has 0 aromatic heterocycles. The first-order chi connectivity index (χ1) is 8.15. The Morgan fingerprint density at radius 2 is 2.06 bits per heavy atom. The molecule has 0 aromatic carbocycles. The summed E-state index contributed by atoms with van der Waals surface area (Å²) >= 11 is 0. The van der Waals surface area contributed by atoms with E-state index < -0.39 is 0 Å². The molecule has 2 unspecified atom stereocenters. The average Bonchev–Trinajstić information content (AvgIpc) is 2.57. The van der Waals surface area contributed by atoms with Crippen molar-refractivity contribution in [3.63, 3.8) is 0 Å². The summed E-state index contributed by atoms with van der Waals surface area (Å²) in [6.45, 7) is 12.8. The number of rotatable bonds is 5. The van der Waals surface area contributed by atoms with E-state index in [2.05, 4.69) is 45.3 Å². The van der Waals surface area contributed by atoms with Crippen molar-refractivity contribution in [2.45, 2.75) is 84.8 Å². The largest absolute Gasteiger partial charge is 0.350 e. The normalized spacial score (nSPS) is 24.9. The van der Waals surface area contributed by atoms with Crippen molar-refractivity contribution in [2.75, 3.05) is 0 Å². The van der Waals surface area contributed by atoms with Crippen LogP contribution in [0.15, 0.2) is 0 Å². The molecule has 2 atom stereocenters. The Labute approximate surface area is 112 Å². The molecule has 0 heterocycles. The third-order valence-corrected chi connectivity index (χ3v) is 4.19. The van der Waals surface area contributed by atoms with Gasteiger partial charge in [-0.3, -0.25) is 4.79 Å². The molecule has 0 aliphatic heterocycles. The minimum absolute atomic E-state index is 0.102. The van der Waals surface area contributed by atoms with E-state index in [-0.39, 0.29) is 17.5 Å². The lowest BCUT2D eigenvalue weighted by Crippen LogP contribution is -2.52. The summed E-state index contributed by atoms with van der Waals surface area (Å²) in [7, 11) is 0. The predicted octanol–water partition coefficient (Wildman–Crippen LogP) is 2.85. The number of hydrogen-bond donors (Lipinski definition) is 2. The molecule has 0 radical (unpaired) electrons. The van der Waals surface area contributed by atoms with Crippen LogP contribution in [0.2, 0.25) is 0 Å². The highest BCUT2D eigenvalue weighted by atomic mass is 16.2. The Balaban J connectivity index is 2.41. The molecule has 1 amide bonds. The molecule has 1 aliphatic carbocycles. The molecule has 0 aromatic rings. The first kappa shape index (κ1) is 15.5. The van der Waals surface area contributed by atoms with Crippen LogP contribution in [-0.4, -0.2) is 23.5 Å². The third-order valence-electron chi connectivity index (χ3n) is 4.19. The summed E-state index contributed by atoms with van der Waals surface area (Å²) in [5.41, 5.74) is 0.318. The molecule has 0 bridgehead atoms. The molecular weight excluding hydrogens is 224 g/mol. The van der Waals surface area contributed by atoms with Gasteiger partial charge in [0.05, 0.1) is 6.04 Å². The Bertz CT molecular complexity index is 297. The quantitative estimate of drug-likeness (QED) is 0.792. The van der Waals surface area contributed by atoms with Gasteiger partial charge in [-0.25, -0.2) is 0 Å². The fourth-order valence-corrected chi connectivity index (χ4v) is 2.54. The summed E-state index contributed by atoms with van der Waals surface area (Å²) in [4.78, 5) is 12.1. The Hall–Kier alpha value is -0.570. The zero-order chi connectivity index (χ0) is 14.0. The molecule has 106 valence electrons. The van der Waals surface area contributed by atoms with Crippen molar-refractivity contribution < 1.29 is 4.79 Å². The van der Waals surface area contributed by atoms with Gasteiger partial charge in [0.2, 0.25) is 5.91 Å². The lowest BCUT2D eigenvalue weighted by atomic mass is 9.92. The maximum atomic E-state index is 12.1. The molecule has 1 aliphatic rings. The highest BCUT2D eigenvalue weighted by molar-refractivity contribution is 5.82. The van der Waals surface area contributed by atoms with Crippen molar-refractivity contribution in [3.8, 4) is 0 Å². The summed E-state index contributed by atoms with van der Waals surface area (Å²) in [6, 6.07) is 0.389. The monoisotopic (exact) mass is 254 g/mol. The van der Waals surface area contributed by atoms with Gasteiger partial charge in [-0.2, -0.15) is 0 Å². The highest BCUT2D eigenvalue weighted by Gasteiger charge is 2.32. The lowest BCUT2D eigenvalue weighted by Gasteiger charge is -2.28. The molecule has 0 spiro atoms. The highest BCUT2D eigenvalue weighted by Crippen LogP contribution is 2.37. The fourth-order valence-electron chi connectivity index (χ4n) is 2.54. The molecule has 3 nitrogen and oxygen atoms in total. The van der Waals surface area contributed by atoms with Gasteiger partial charge >= 0.3 is 0 Å². The second-order valence-corrected chi connectivity index (χ2v) is 7.22. The first-order valence-electron chi connectivity index (χ1n) is 7.23. The van der Waals surface area contributed by atoms with Gasteiger partial charge in [0.25, 0.3) is 0 Å². The van der Waals surface area contributed by atoms with Gasteiger partial charge in [-0.1, -0.05) is 20.8 Å². The Morgan fingerprint density at radius 3 is 2.50 bits per heavy atom. The predicted molar refractivity (Wildman–Crippen MR) is 76.5 cm³/mol. The minimum atomic E-state index is -0.109. The van der Waals surface area contributed by atoms with E-state index >= 15 is 0 Å². The average molecular weight is 254 g/mol. The van der Waals surface area contributed by atoms with Crippen molar-refractivity contribution in [3.05, 3.63) is 0 Å². The van der Waals surface area contributed by atoms with E-state index in [0.717, 1.165) is 6.42 Å². The van der Waals surface area contributed by atoms with Gasteiger partial charge < -0.3 is 10.6 Å². The summed E-state index contributed by atoms with van der Waals surface area (Å²) in [5.74, 6) is 0.117. The summed E-state index contributed by atoms with van der Waals surface area (Å²) in [6.07, 6.45) is 4.55. The first-order valence-corrected chi connectivity index (χ1v) is 7.23. The maximum absolute atomic E-state index is 12.1. The molecule has 1 saturated carbocycles. The van der Waals surface area contributed by atoms with Gasteiger partial charge in [-0.05, 0) is 51.9 Å². The molecule has 1 fully saturated rings. The number of carbonyl (C=O) groups excluding carboxylic acids is 1. The standard InChI is InChI=1S/C15H30N2O/c1-7-15(5,6)17-13(18)11(2)16-12-8-9-14(3,4)10-12/h11-12,16H,7-10H2,1-6H3,(H,17,18). The third kappa shape index (κ3) is 4.60. The van der Waals surface area contributed by atoms with Gasteiger partial charge in [0.15, 0.2) is 0 Å². The van der Waals surface area contributed by atoms with Crippen LogP contribution in [0.5, 0.6) is 0 Å². The van der Waals surface area contributed by atoms with E-state index in [1.54, 1.807) is 0 Å². The van der Waals surface area contributed by atoms with Crippen LogP contribution in [0.4, 0.5) is 0 Å². The van der Waals surface area contributed by atoms with E-state index in [0.29, 0.717) is 11.5 Å². The zero-order valence-electron chi connectivity index (χ0n) is 12.9. The topological polar surface area (TPSA) is 41.1 Å². The van der Waals surface area contributed by atoms with E-state index in [1.165, 1.54) is 19.3 Å². The van der Waals surface area contributed by atoms with Crippen LogP contribution in [-0.2, 0) is 4.79 Å². The maximum Gasteiger partial charge on any atom is 0.237 e. The second-order valence-electron chi connectivity index (χ2n) is 7.22. The smallest absolute Gasteiger partial charge is 0.237 e. The second kappa shape index (κ2) is 5.60. The van der Waals surface area contributed by atoms with Crippen molar-refractivity contribution in [1.82, 2.24) is 10.6 Å². The lowest BCUT2D eigenvalue weighted by molar-refractivity contribution is -0.124. The zero-order valence-corrected chi connectivity index (χ0v) is 12.9. The van der Waals surface area contributed by atoms with Crippen LogP contribution in [0.1, 0.15) is 67.2 Å².